The Bertz CT molecular complexity index is 716. The van der Waals surface area contributed by atoms with Gasteiger partial charge in [0.05, 0.1) is 6.26 Å². The van der Waals surface area contributed by atoms with E-state index in [1.807, 2.05) is 30.3 Å². The minimum absolute atomic E-state index is 0.110. The Labute approximate surface area is 108 Å². The summed E-state index contributed by atoms with van der Waals surface area (Å²) in [4.78, 5) is 11.3. The van der Waals surface area contributed by atoms with E-state index in [0.29, 0.717) is 11.5 Å². The summed E-state index contributed by atoms with van der Waals surface area (Å²) in [7, 11) is 0. The van der Waals surface area contributed by atoms with Crippen molar-refractivity contribution in [2.24, 2.45) is 5.73 Å². The van der Waals surface area contributed by atoms with Gasteiger partial charge in [0.25, 0.3) is 5.91 Å². The van der Waals surface area contributed by atoms with Crippen molar-refractivity contribution in [1.29, 1.82) is 0 Å². The molecule has 0 spiro atoms. The topological polar surface area (TPSA) is 97.8 Å². The average Bonchev–Trinajstić information content (AvgIpc) is 3.10. The highest BCUT2D eigenvalue weighted by Crippen LogP contribution is 2.32. The van der Waals surface area contributed by atoms with Gasteiger partial charge in [0, 0.05) is 11.1 Å². The van der Waals surface area contributed by atoms with E-state index in [1.165, 1.54) is 0 Å². The van der Waals surface area contributed by atoms with Gasteiger partial charge in [-0.05, 0) is 12.1 Å². The summed E-state index contributed by atoms with van der Waals surface area (Å²) in [5.74, 6) is 0.0621. The molecular weight excluding hydrogens is 244 g/mol. The molecule has 2 heterocycles. The molecule has 2 aromatic heterocycles. The normalized spacial score (nSPS) is 10.5. The van der Waals surface area contributed by atoms with Crippen LogP contribution in [0.2, 0.25) is 0 Å². The second kappa shape index (κ2) is 4.41. The zero-order valence-electron chi connectivity index (χ0n) is 9.83. The number of primary amides is 1. The number of nitrogens with two attached hydrogens (primary N) is 1. The first-order valence-corrected chi connectivity index (χ1v) is 5.61. The Hall–Kier alpha value is -2.89. The molecule has 6 nitrogen and oxygen atoms in total. The van der Waals surface area contributed by atoms with Crippen molar-refractivity contribution in [1.82, 2.24) is 15.4 Å². The molecule has 0 atom stereocenters. The van der Waals surface area contributed by atoms with E-state index in [2.05, 4.69) is 15.4 Å². The third kappa shape index (κ3) is 1.89. The Morgan fingerprint density at radius 2 is 1.89 bits per heavy atom. The second-order valence-corrected chi connectivity index (χ2v) is 3.91. The number of benzene rings is 1. The molecule has 0 unspecified atom stereocenters. The number of aromatic amines is 1. The number of carbonyl (C=O) groups excluding carboxylic acids is 1. The van der Waals surface area contributed by atoms with Gasteiger partial charge in [-0.15, -0.1) is 0 Å². The molecule has 0 aliphatic heterocycles. The van der Waals surface area contributed by atoms with E-state index in [-0.39, 0.29) is 5.69 Å². The highest BCUT2D eigenvalue weighted by Gasteiger charge is 2.18. The predicted octanol–water partition coefficient (Wildman–Crippen LogP) is 1.83. The van der Waals surface area contributed by atoms with Gasteiger partial charge in [0.15, 0.2) is 5.69 Å². The summed E-state index contributed by atoms with van der Waals surface area (Å²) < 4.78 is 5.38. The summed E-state index contributed by atoms with van der Waals surface area (Å²) >= 11 is 0. The molecule has 3 rings (SSSR count). The van der Waals surface area contributed by atoms with Crippen LogP contribution in [0.4, 0.5) is 0 Å². The first kappa shape index (κ1) is 11.2. The zero-order chi connectivity index (χ0) is 13.2. The summed E-state index contributed by atoms with van der Waals surface area (Å²) in [6.07, 6.45) is 1.59. The third-order valence-electron chi connectivity index (χ3n) is 2.75. The van der Waals surface area contributed by atoms with Gasteiger partial charge in [0.2, 0.25) is 0 Å². The largest absolute Gasteiger partial charge is 0.464 e. The Morgan fingerprint density at radius 3 is 2.58 bits per heavy atom. The highest BCUT2D eigenvalue weighted by atomic mass is 16.3. The van der Waals surface area contributed by atoms with Crippen LogP contribution in [0.15, 0.2) is 47.1 Å². The van der Waals surface area contributed by atoms with Crippen LogP contribution >= 0.6 is 0 Å². The number of nitrogens with one attached hydrogen (secondary N) is 1. The van der Waals surface area contributed by atoms with Gasteiger partial charge in [0.1, 0.15) is 11.5 Å². The van der Waals surface area contributed by atoms with Gasteiger partial charge in [-0.3, -0.25) is 4.79 Å². The molecule has 6 heteroatoms. The van der Waals surface area contributed by atoms with E-state index in [0.717, 1.165) is 11.1 Å². The average molecular weight is 254 g/mol. The lowest BCUT2D eigenvalue weighted by Gasteiger charge is -2.05. The second-order valence-electron chi connectivity index (χ2n) is 3.91. The number of H-pyrrole nitrogens is 1. The molecule has 0 radical (unpaired) electrons. The van der Waals surface area contributed by atoms with Crippen LogP contribution in [0.5, 0.6) is 0 Å². The third-order valence-corrected chi connectivity index (χ3v) is 2.75. The van der Waals surface area contributed by atoms with Crippen molar-refractivity contribution in [2.45, 2.75) is 0 Å². The highest BCUT2D eigenvalue weighted by molar-refractivity contribution is 5.98. The maximum Gasteiger partial charge on any atom is 0.271 e. The van der Waals surface area contributed by atoms with Crippen molar-refractivity contribution in [3.05, 3.63) is 48.4 Å². The minimum Gasteiger partial charge on any atom is -0.464 e. The molecule has 0 aliphatic carbocycles. The molecule has 19 heavy (non-hydrogen) atoms. The molecule has 1 aromatic carbocycles. The fourth-order valence-corrected chi connectivity index (χ4v) is 1.93. The maximum absolute atomic E-state index is 11.3. The number of hydrogen-bond acceptors (Lipinski definition) is 4. The lowest BCUT2D eigenvalue weighted by atomic mass is 10.0. The summed E-state index contributed by atoms with van der Waals surface area (Å²) in [6.45, 7) is 0. The van der Waals surface area contributed by atoms with Crippen LogP contribution in [-0.2, 0) is 0 Å². The Balaban J connectivity index is 2.21. The Morgan fingerprint density at radius 1 is 1.11 bits per heavy atom. The van der Waals surface area contributed by atoms with Crippen molar-refractivity contribution in [2.75, 3.05) is 0 Å². The van der Waals surface area contributed by atoms with E-state index >= 15 is 0 Å². The van der Waals surface area contributed by atoms with Crippen LogP contribution in [0.1, 0.15) is 10.5 Å². The molecule has 0 saturated carbocycles. The number of aromatic nitrogens is 3. The van der Waals surface area contributed by atoms with Crippen LogP contribution in [0.25, 0.3) is 22.6 Å². The van der Waals surface area contributed by atoms with E-state index in [9.17, 15) is 4.79 Å². The van der Waals surface area contributed by atoms with Crippen molar-refractivity contribution < 1.29 is 9.21 Å². The standard InChI is InChI=1S/C13H10N4O2/c14-13(18)12-11(15-17-16-12)9-5-2-1-4-8(9)10-6-3-7-19-10/h1-7H,(H2,14,18)(H,15,16,17). The van der Waals surface area contributed by atoms with E-state index in [1.54, 1.807) is 12.3 Å². The number of hydrogen-bond donors (Lipinski definition) is 2. The van der Waals surface area contributed by atoms with Crippen LogP contribution in [0, 0.1) is 0 Å². The van der Waals surface area contributed by atoms with Gasteiger partial charge in [-0.1, -0.05) is 24.3 Å². The number of rotatable bonds is 3. The van der Waals surface area contributed by atoms with Crippen molar-refractivity contribution >= 4 is 5.91 Å². The first-order valence-electron chi connectivity index (χ1n) is 5.61. The molecule has 1 amide bonds. The summed E-state index contributed by atoms with van der Waals surface area (Å²) in [5.41, 5.74) is 7.37. The molecular formula is C13H10N4O2. The minimum atomic E-state index is -0.627. The molecule has 94 valence electrons. The van der Waals surface area contributed by atoms with Crippen molar-refractivity contribution in [3.63, 3.8) is 0 Å². The smallest absolute Gasteiger partial charge is 0.271 e. The van der Waals surface area contributed by atoms with Gasteiger partial charge in [-0.2, -0.15) is 15.4 Å². The quantitative estimate of drug-likeness (QED) is 0.744. The monoisotopic (exact) mass is 254 g/mol. The molecule has 0 fully saturated rings. The van der Waals surface area contributed by atoms with Crippen LogP contribution < -0.4 is 5.73 Å². The number of carbonyl (C=O) groups is 1. The van der Waals surface area contributed by atoms with Gasteiger partial charge >= 0.3 is 0 Å². The van der Waals surface area contributed by atoms with Crippen LogP contribution in [0.3, 0.4) is 0 Å². The van der Waals surface area contributed by atoms with E-state index < -0.39 is 5.91 Å². The number of furan rings is 1. The maximum atomic E-state index is 11.3. The summed E-state index contributed by atoms with van der Waals surface area (Å²) in [6, 6.07) is 11.1. The Kier molecular flexibility index (Phi) is 2.60. The predicted molar refractivity (Wildman–Crippen MR) is 68.0 cm³/mol. The SMILES string of the molecule is NC(=O)c1n[nH]nc1-c1ccccc1-c1ccco1. The lowest BCUT2D eigenvalue weighted by Crippen LogP contribution is -2.12. The van der Waals surface area contributed by atoms with Gasteiger partial charge in [-0.25, -0.2) is 0 Å². The zero-order valence-corrected chi connectivity index (χ0v) is 9.83. The van der Waals surface area contributed by atoms with Crippen LogP contribution in [-0.4, -0.2) is 21.3 Å². The lowest BCUT2D eigenvalue weighted by molar-refractivity contribution is 0.0996. The fourth-order valence-electron chi connectivity index (χ4n) is 1.93. The van der Waals surface area contributed by atoms with Crippen molar-refractivity contribution in [3.8, 4) is 22.6 Å². The molecule has 0 saturated heterocycles. The first-order chi connectivity index (χ1) is 9.27. The molecule has 3 N–H and O–H groups in total. The number of nitrogens with zero attached hydrogens (tertiary/aromatic N) is 2. The molecule has 0 aliphatic rings. The molecule has 0 bridgehead atoms. The summed E-state index contributed by atoms with van der Waals surface area (Å²) in [5, 5.41) is 10.2. The van der Waals surface area contributed by atoms with E-state index in [4.69, 9.17) is 10.2 Å². The molecule has 3 aromatic rings. The van der Waals surface area contributed by atoms with Gasteiger partial charge < -0.3 is 10.2 Å². The fraction of sp³-hybridized carbons (Fsp3) is 0. The number of amides is 1.